The molecular weight excluding hydrogens is 1260 g/mol. The minimum Gasteiger partial charge on any atom is -0.462 e. The summed E-state index contributed by atoms with van der Waals surface area (Å²) < 4.78 is 68.6. The highest BCUT2D eigenvalue weighted by molar-refractivity contribution is 7.47. The van der Waals surface area contributed by atoms with Crippen LogP contribution >= 0.6 is 15.6 Å². The van der Waals surface area contributed by atoms with Crippen molar-refractivity contribution in [2.24, 2.45) is 11.8 Å². The highest BCUT2D eigenvalue weighted by atomic mass is 31.2. The monoisotopic (exact) mass is 1410 g/mol. The number of ether oxygens (including phenoxy) is 4. The molecule has 19 heteroatoms. The molecular formula is C77H150O17P2. The van der Waals surface area contributed by atoms with Crippen LogP contribution in [0, 0.1) is 11.8 Å². The molecule has 0 bridgehead atoms. The van der Waals surface area contributed by atoms with Crippen molar-refractivity contribution < 1.29 is 80.2 Å². The molecule has 96 heavy (non-hydrogen) atoms. The Morgan fingerprint density at radius 3 is 0.708 bits per heavy atom. The molecule has 2 unspecified atom stereocenters. The van der Waals surface area contributed by atoms with E-state index in [9.17, 15) is 43.2 Å². The van der Waals surface area contributed by atoms with Crippen molar-refractivity contribution in [1.82, 2.24) is 0 Å². The average molecular weight is 1410 g/mol. The van der Waals surface area contributed by atoms with Crippen molar-refractivity contribution in [3.8, 4) is 0 Å². The lowest BCUT2D eigenvalue weighted by molar-refractivity contribution is -0.161. The van der Waals surface area contributed by atoms with Crippen LogP contribution in [0.2, 0.25) is 0 Å². The number of hydrogen-bond acceptors (Lipinski definition) is 15. The third-order valence-electron chi connectivity index (χ3n) is 18.0. The van der Waals surface area contributed by atoms with Crippen LogP contribution in [0.4, 0.5) is 0 Å². The first-order valence-electron chi connectivity index (χ1n) is 40.0. The van der Waals surface area contributed by atoms with Crippen LogP contribution in [0.25, 0.3) is 0 Å². The van der Waals surface area contributed by atoms with E-state index in [1.54, 1.807) is 0 Å². The first-order chi connectivity index (χ1) is 46.4. The Balaban J connectivity index is 5.27. The third-order valence-corrected chi connectivity index (χ3v) is 19.9. The molecule has 0 aromatic heterocycles. The fourth-order valence-electron chi connectivity index (χ4n) is 11.8. The van der Waals surface area contributed by atoms with Crippen molar-refractivity contribution in [1.29, 1.82) is 0 Å². The quantitative estimate of drug-likeness (QED) is 0.0222. The zero-order valence-electron chi connectivity index (χ0n) is 62.7. The number of hydrogen-bond donors (Lipinski definition) is 3. The number of phosphoric acid groups is 2. The van der Waals surface area contributed by atoms with Crippen LogP contribution in [0.15, 0.2) is 0 Å². The van der Waals surface area contributed by atoms with Gasteiger partial charge in [-0.1, -0.05) is 350 Å². The van der Waals surface area contributed by atoms with Crippen LogP contribution in [0.1, 0.15) is 401 Å². The molecule has 0 saturated heterocycles. The Morgan fingerprint density at radius 2 is 0.479 bits per heavy atom. The summed E-state index contributed by atoms with van der Waals surface area (Å²) in [6, 6.07) is 0. The van der Waals surface area contributed by atoms with Crippen LogP contribution in [-0.4, -0.2) is 96.7 Å². The lowest BCUT2D eigenvalue weighted by Gasteiger charge is -2.21. The fourth-order valence-corrected chi connectivity index (χ4v) is 13.4. The van der Waals surface area contributed by atoms with E-state index in [0.29, 0.717) is 25.7 Å². The molecule has 3 N–H and O–H groups in total. The van der Waals surface area contributed by atoms with Crippen LogP contribution in [0.5, 0.6) is 0 Å². The number of esters is 4. The van der Waals surface area contributed by atoms with Crippen LogP contribution < -0.4 is 0 Å². The summed E-state index contributed by atoms with van der Waals surface area (Å²) in [7, 11) is -9.91. The van der Waals surface area contributed by atoms with Gasteiger partial charge in [-0.25, -0.2) is 9.13 Å². The second-order valence-electron chi connectivity index (χ2n) is 28.7. The van der Waals surface area contributed by atoms with Crippen molar-refractivity contribution in [2.45, 2.75) is 419 Å². The smallest absolute Gasteiger partial charge is 0.462 e. The summed E-state index contributed by atoms with van der Waals surface area (Å²) in [4.78, 5) is 72.9. The highest BCUT2D eigenvalue weighted by Gasteiger charge is 2.30. The van der Waals surface area contributed by atoms with Crippen molar-refractivity contribution >= 4 is 39.5 Å². The Hall–Kier alpha value is -1.94. The van der Waals surface area contributed by atoms with Crippen LogP contribution in [0.3, 0.4) is 0 Å². The zero-order chi connectivity index (χ0) is 70.7. The van der Waals surface area contributed by atoms with E-state index in [1.807, 2.05) is 0 Å². The van der Waals surface area contributed by atoms with E-state index < -0.39 is 97.5 Å². The van der Waals surface area contributed by atoms with Gasteiger partial charge in [-0.15, -0.1) is 0 Å². The molecule has 0 aromatic rings. The second-order valence-corrected chi connectivity index (χ2v) is 31.6. The number of carbonyl (C=O) groups excluding carboxylic acids is 4. The average Bonchev–Trinajstić information content (AvgIpc) is 1.57. The summed E-state index contributed by atoms with van der Waals surface area (Å²) in [5.41, 5.74) is 0. The molecule has 0 aliphatic rings. The van der Waals surface area contributed by atoms with Gasteiger partial charge < -0.3 is 33.8 Å². The number of phosphoric ester groups is 2. The highest BCUT2D eigenvalue weighted by Crippen LogP contribution is 2.45. The van der Waals surface area contributed by atoms with Gasteiger partial charge in [0, 0.05) is 25.7 Å². The van der Waals surface area contributed by atoms with Crippen molar-refractivity contribution in [3.05, 3.63) is 0 Å². The van der Waals surface area contributed by atoms with Crippen molar-refractivity contribution in [3.63, 3.8) is 0 Å². The number of rotatable bonds is 76. The Morgan fingerprint density at radius 1 is 0.281 bits per heavy atom. The van der Waals surface area contributed by atoms with Gasteiger partial charge in [-0.3, -0.25) is 37.3 Å². The van der Waals surface area contributed by atoms with E-state index in [1.165, 1.54) is 218 Å². The first kappa shape index (κ1) is 94.1. The van der Waals surface area contributed by atoms with Gasteiger partial charge in [0.15, 0.2) is 12.2 Å². The van der Waals surface area contributed by atoms with Gasteiger partial charge in [-0.2, -0.15) is 0 Å². The summed E-state index contributed by atoms with van der Waals surface area (Å²) in [5.74, 6) is -0.601. The SMILES string of the molecule is CCCCCCCCCCCCCCCCCCC(=O)O[C@H](COC(=O)CCCCCCCCCCCCCCCC)COP(=O)(O)OC[C@@H](O)COP(=O)(O)OC[C@@H](COC(=O)CCCCCCCCCCCCC(C)C)OC(=O)CCCCCCCCCCCCC(C)C. The normalized spacial score (nSPS) is 14.0. The van der Waals surface area contributed by atoms with E-state index in [0.717, 1.165) is 102 Å². The van der Waals surface area contributed by atoms with E-state index in [2.05, 4.69) is 41.5 Å². The molecule has 0 saturated carbocycles. The molecule has 5 atom stereocenters. The summed E-state index contributed by atoms with van der Waals surface area (Å²) in [5, 5.41) is 10.6. The molecule has 0 aliphatic carbocycles. The summed E-state index contributed by atoms with van der Waals surface area (Å²) >= 11 is 0. The number of unbranched alkanes of at least 4 members (excludes halogenated alkanes) is 46. The van der Waals surface area contributed by atoms with Gasteiger partial charge >= 0.3 is 39.5 Å². The van der Waals surface area contributed by atoms with Gasteiger partial charge in [-0.05, 0) is 37.5 Å². The topological polar surface area (TPSA) is 237 Å². The predicted octanol–water partition coefficient (Wildman–Crippen LogP) is 22.7. The largest absolute Gasteiger partial charge is 0.472 e. The van der Waals surface area contributed by atoms with Gasteiger partial charge in [0.25, 0.3) is 0 Å². The molecule has 0 aliphatic heterocycles. The summed E-state index contributed by atoms with van der Waals surface area (Å²) in [6.45, 7) is 9.60. The van der Waals surface area contributed by atoms with Crippen LogP contribution in [-0.2, 0) is 65.4 Å². The lowest BCUT2D eigenvalue weighted by atomic mass is 10.0. The first-order valence-corrected chi connectivity index (χ1v) is 43.0. The van der Waals surface area contributed by atoms with Gasteiger partial charge in [0.1, 0.15) is 19.3 Å². The van der Waals surface area contributed by atoms with E-state index >= 15 is 0 Å². The van der Waals surface area contributed by atoms with Crippen molar-refractivity contribution in [2.75, 3.05) is 39.6 Å². The Labute approximate surface area is 588 Å². The van der Waals surface area contributed by atoms with Gasteiger partial charge in [0.05, 0.1) is 26.4 Å². The number of aliphatic hydroxyl groups is 1. The van der Waals surface area contributed by atoms with Gasteiger partial charge in [0.2, 0.25) is 0 Å². The zero-order valence-corrected chi connectivity index (χ0v) is 64.5. The van der Waals surface area contributed by atoms with E-state index in [4.69, 9.17) is 37.0 Å². The molecule has 0 rings (SSSR count). The standard InChI is InChI=1S/C77H150O17P2/c1-7-9-11-13-15-17-19-21-23-24-26-28-37-43-49-55-61-76(81)93-72(65-87-74(79)59-53-47-41-35-27-25-22-20-18-16-14-12-10-8-2)67-91-95(83,84)89-63-71(78)64-90-96(85,86)92-68-73(94-77(82)62-56-50-44-38-32-30-34-40-46-52-58-70(5)6)66-88-75(80)60-54-48-42-36-31-29-33-39-45-51-57-69(3)4/h69-73,78H,7-68H2,1-6H3,(H,83,84)(H,85,86)/t71-,72-,73-/m1/s1. The number of aliphatic hydroxyl groups excluding tert-OH is 1. The van der Waals surface area contributed by atoms with E-state index in [-0.39, 0.29) is 25.7 Å². The molecule has 0 radical (unpaired) electrons. The molecule has 0 amide bonds. The molecule has 0 spiro atoms. The minimum atomic E-state index is -4.96. The Kier molecular flexibility index (Phi) is 67.4. The molecule has 570 valence electrons. The maximum atomic E-state index is 13.1. The summed E-state index contributed by atoms with van der Waals surface area (Å²) in [6.07, 6.45) is 56.7. The lowest BCUT2D eigenvalue weighted by Crippen LogP contribution is -2.30. The maximum Gasteiger partial charge on any atom is 0.472 e. The number of carbonyl (C=O) groups is 4. The molecule has 0 heterocycles. The Bertz CT molecular complexity index is 1860. The predicted molar refractivity (Wildman–Crippen MR) is 391 cm³/mol. The maximum absolute atomic E-state index is 13.1. The molecule has 0 fully saturated rings. The third kappa shape index (κ3) is 70.5. The minimum absolute atomic E-state index is 0.106. The second kappa shape index (κ2) is 68.8. The molecule has 0 aromatic carbocycles. The fraction of sp³-hybridized carbons (Fsp3) is 0.948. The molecule has 17 nitrogen and oxygen atoms in total.